The fourth-order valence-corrected chi connectivity index (χ4v) is 2.16. The topological polar surface area (TPSA) is 38.3 Å². The van der Waals surface area contributed by atoms with Crippen molar-refractivity contribution in [1.82, 2.24) is 5.32 Å². The molecule has 1 aromatic rings. The maximum Gasteiger partial charge on any atom is 0.230 e. The third kappa shape index (κ3) is 5.13. The van der Waals surface area contributed by atoms with Gasteiger partial charge < -0.3 is 10.1 Å². The summed E-state index contributed by atoms with van der Waals surface area (Å²) in [4.78, 5) is 12.6. The Bertz CT molecular complexity index is 385. The van der Waals surface area contributed by atoms with Gasteiger partial charge in [0.15, 0.2) is 0 Å². The van der Waals surface area contributed by atoms with E-state index in [9.17, 15) is 4.79 Å². The van der Waals surface area contributed by atoms with Gasteiger partial charge in [-0.15, -0.1) is 11.8 Å². The molecule has 0 aliphatic heterocycles. The van der Waals surface area contributed by atoms with Gasteiger partial charge in [0, 0.05) is 10.4 Å². The smallest absolute Gasteiger partial charge is 0.230 e. The zero-order chi connectivity index (χ0) is 12.9. The Kier molecular flexibility index (Phi) is 4.87. The molecule has 1 aromatic carbocycles. The second kappa shape index (κ2) is 5.96. The van der Waals surface area contributed by atoms with Crippen molar-refractivity contribution in [2.24, 2.45) is 0 Å². The van der Waals surface area contributed by atoms with Gasteiger partial charge in [-0.1, -0.05) is 12.1 Å². The number of methoxy groups -OCH3 is 1. The number of nitrogens with one attached hydrogen (secondary N) is 1. The molecular weight excluding hydrogens is 234 g/mol. The van der Waals surface area contributed by atoms with Gasteiger partial charge in [-0.3, -0.25) is 4.79 Å². The van der Waals surface area contributed by atoms with Crippen molar-refractivity contribution >= 4 is 17.7 Å². The van der Waals surface area contributed by atoms with E-state index >= 15 is 0 Å². The minimum absolute atomic E-state index is 0.0356. The first-order valence-electron chi connectivity index (χ1n) is 5.49. The van der Waals surface area contributed by atoms with E-state index in [1.54, 1.807) is 7.11 Å². The van der Waals surface area contributed by atoms with Gasteiger partial charge in [-0.05, 0) is 32.9 Å². The van der Waals surface area contributed by atoms with Gasteiger partial charge >= 0.3 is 0 Å². The first kappa shape index (κ1) is 13.9. The normalized spacial score (nSPS) is 11.1. The Morgan fingerprint density at radius 2 is 2.00 bits per heavy atom. The Hall–Kier alpha value is -1.16. The third-order valence-corrected chi connectivity index (χ3v) is 3.00. The fraction of sp³-hybridized carbons (Fsp3) is 0.462. The lowest BCUT2D eigenvalue weighted by Crippen LogP contribution is -2.41. The molecule has 1 rings (SSSR count). The summed E-state index contributed by atoms with van der Waals surface area (Å²) in [5.74, 6) is 1.24. The quantitative estimate of drug-likeness (QED) is 0.838. The summed E-state index contributed by atoms with van der Waals surface area (Å²) in [5.41, 5.74) is -0.182. The number of rotatable bonds is 4. The zero-order valence-electron chi connectivity index (χ0n) is 10.7. The van der Waals surface area contributed by atoms with E-state index in [4.69, 9.17) is 4.74 Å². The van der Waals surface area contributed by atoms with Crippen LogP contribution in [0.2, 0.25) is 0 Å². The van der Waals surface area contributed by atoms with Crippen LogP contribution in [0.1, 0.15) is 20.8 Å². The van der Waals surface area contributed by atoms with Crippen LogP contribution in [0.4, 0.5) is 0 Å². The van der Waals surface area contributed by atoms with Crippen LogP contribution in [-0.2, 0) is 4.79 Å². The van der Waals surface area contributed by atoms with Gasteiger partial charge in [0.25, 0.3) is 0 Å². The summed E-state index contributed by atoms with van der Waals surface area (Å²) >= 11 is 1.48. The molecule has 0 radical (unpaired) electrons. The van der Waals surface area contributed by atoms with Crippen molar-refractivity contribution < 1.29 is 9.53 Å². The highest BCUT2D eigenvalue weighted by Gasteiger charge is 2.14. The van der Waals surface area contributed by atoms with E-state index < -0.39 is 0 Å². The molecule has 0 saturated heterocycles. The monoisotopic (exact) mass is 253 g/mol. The largest absolute Gasteiger partial charge is 0.496 e. The highest BCUT2D eigenvalue weighted by atomic mass is 32.2. The fourth-order valence-electron chi connectivity index (χ4n) is 1.34. The lowest BCUT2D eigenvalue weighted by molar-refractivity contribution is -0.119. The molecule has 0 fully saturated rings. The average molecular weight is 253 g/mol. The van der Waals surface area contributed by atoms with Crippen molar-refractivity contribution in [3.8, 4) is 5.75 Å². The predicted octanol–water partition coefficient (Wildman–Crippen LogP) is 2.70. The number of carbonyl (C=O) groups is 1. The second-order valence-corrected chi connectivity index (χ2v) is 5.75. The number of thioether (sulfide) groups is 1. The molecule has 94 valence electrons. The van der Waals surface area contributed by atoms with Gasteiger partial charge in [0.1, 0.15) is 5.75 Å². The first-order chi connectivity index (χ1) is 7.92. The molecule has 0 bridgehead atoms. The Balaban J connectivity index is 2.53. The van der Waals surface area contributed by atoms with Crippen molar-refractivity contribution in [3.63, 3.8) is 0 Å². The van der Waals surface area contributed by atoms with Crippen molar-refractivity contribution in [2.45, 2.75) is 31.2 Å². The van der Waals surface area contributed by atoms with E-state index in [0.29, 0.717) is 5.75 Å². The maximum atomic E-state index is 11.7. The molecule has 4 heteroatoms. The predicted molar refractivity (Wildman–Crippen MR) is 71.6 cm³/mol. The molecular formula is C13H19NO2S. The number of para-hydroxylation sites is 1. The van der Waals surface area contributed by atoms with E-state index in [2.05, 4.69) is 5.32 Å². The minimum Gasteiger partial charge on any atom is -0.496 e. The summed E-state index contributed by atoms with van der Waals surface area (Å²) in [6, 6.07) is 7.70. The van der Waals surface area contributed by atoms with Gasteiger partial charge in [-0.2, -0.15) is 0 Å². The zero-order valence-corrected chi connectivity index (χ0v) is 11.6. The number of amides is 1. The molecule has 0 aromatic heterocycles. The summed E-state index contributed by atoms with van der Waals surface area (Å²) in [7, 11) is 1.63. The van der Waals surface area contributed by atoms with Crippen LogP contribution in [0.25, 0.3) is 0 Å². The molecule has 3 nitrogen and oxygen atoms in total. The molecule has 0 saturated carbocycles. The van der Waals surface area contributed by atoms with E-state index in [1.165, 1.54) is 11.8 Å². The highest BCUT2D eigenvalue weighted by molar-refractivity contribution is 8.00. The number of benzene rings is 1. The van der Waals surface area contributed by atoms with Crippen molar-refractivity contribution in [2.75, 3.05) is 12.9 Å². The summed E-state index contributed by atoms with van der Waals surface area (Å²) in [6.07, 6.45) is 0. The highest BCUT2D eigenvalue weighted by Crippen LogP contribution is 2.28. The van der Waals surface area contributed by atoms with Gasteiger partial charge in [-0.25, -0.2) is 0 Å². The Morgan fingerprint density at radius 3 is 2.59 bits per heavy atom. The molecule has 0 heterocycles. The van der Waals surface area contributed by atoms with Crippen LogP contribution in [0.15, 0.2) is 29.2 Å². The Morgan fingerprint density at radius 1 is 1.35 bits per heavy atom. The van der Waals surface area contributed by atoms with Crippen LogP contribution < -0.4 is 10.1 Å². The number of ether oxygens (including phenoxy) is 1. The number of carbonyl (C=O) groups excluding carboxylic acids is 1. The average Bonchev–Trinajstić information content (AvgIpc) is 2.24. The molecule has 0 aliphatic carbocycles. The van der Waals surface area contributed by atoms with Crippen LogP contribution in [0, 0.1) is 0 Å². The standard InChI is InChI=1S/C13H19NO2S/c1-13(2,3)14-12(15)9-17-11-8-6-5-7-10(11)16-4/h5-8H,9H2,1-4H3,(H,14,15). The van der Waals surface area contributed by atoms with Crippen LogP contribution in [-0.4, -0.2) is 24.3 Å². The van der Waals surface area contributed by atoms with E-state index in [0.717, 1.165) is 10.6 Å². The summed E-state index contributed by atoms with van der Waals surface area (Å²) in [5, 5.41) is 2.93. The third-order valence-electron chi connectivity index (χ3n) is 1.94. The number of hydrogen-bond acceptors (Lipinski definition) is 3. The molecule has 0 aliphatic rings. The molecule has 0 unspecified atom stereocenters. The molecule has 1 amide bonds. The van der Waals surface area contributed by atoms with Gasteiger partial charge in [0.2, 0.25) is 5.91 Å². The van der Waals surface area contributed by atoms with Crippen LogP contribution in [0.3, 0.4) is 0 Å². The number of hydrogen-bond donors (Lipinski definition) is 1. The molecule has 1 N–H and O–H groups in total. The lowest BCUT2D eigenvalue weighted by Gasteiger charge is -2.20. The lowest BCUT2D eigenvalue weighted by atomic mass is 10.1. The molecule has 0 atom stereocenters. The molecule has 17 heavy (non-hydrogen) atoms. The first-order valence-corrected chi connectivity index (χ1v) is 6.48. The minimum atomic E-state index is -0.182. The van der Waals surface area contributed by atoms with Crippen LogP contribution >= 0.6 is 11.8 Å². The van der Waals surface area contributed by atoms with Crippen molar-refractivity contribution in [1.29, 1.82) is 0 Å². The summed E-state index contributed by atoms with van der Waals surface area (Å²) < 4.78 is 5.23. The van der Waals surface area contributed by atoms with Crippen LogP contribution in [0.5, 0.6) is 5.75 Å². The summed E-state index contributed by atoms with van der Waals surface area (Å²) in [6.45, 7) is 5.91. The van der Waals surface area contributed by atoms with Crippen molar-refractivity contribution in [3.05, 3.63) is 24.3 Å². The Labute approximate surface area is 107 Å². The maximum absolute atomic E-state index is 11.7. The van der Waals surface area contributed by atoms with E-state index in [-0.39, 0.29) is 11.4 Å². The second-order valence-electron chi connectivity index (χ2n) is 4.74. The van der Waals surface area contributed by atoms with E-state index in [1.807, 2.05) is 45.0 Å². The van der Waals surface area contributed by atoms with Gasteiger partial charge in [0.05, 0.1) is 12.9 Å². The SMILES string of the molecule is COc1ccccc1SCC(=O)NC(C)(C)C. The molecule has 0 spiro atoms.